The maximum atomic E-state index is 12.0. The lowest BCUT2D eigenvalue weighted by atomic mass is 10.2. The molecular formula is C13H15N3OS. The highest BCUT2D eigenvalue weighted by atomic mass is 32.1. The van der Waals surface area contributed by atoms with Crippen molar-refractivity contribution in [1.82, 2.24) is 10.3 Å². The van der Waals surface area contributed by atoms with Gasteiger partial charge in [0, 0.05) is 17.1 Å². The summed E-state index contributed by atoms with van der Waals surface area (Å²) in [5.41, 5.74) is 7.40. The van der Waals surface area contributed by atoms with E-state index in [-0.39, 0.29) is 11.9 Å². The van der Waals surface area contributed by atoms with Crippen LogP contribution >= 0.6 is 11.3 Å². The van der Waals surface area contributed by atoms with Crippen molar-refractivity contribution in [2.45, 2.75) is 19.9 Å². The van der Waals surface area contributed by atoms with Gasteiger partial charge in [-0.25, -0.2) is 4.98 Å². The summed E-state index contributed by atoms with van der Waals surface area (Å²) in [6.45, 7) is 7.40. The molecule has 0 bridgehead atoms. The number of rotatable bonds is 3. The number of nitrogen functional groups attached to an aromatic ring is 1. The van der Waals surface area contributed by atoms with E-state index in [2.05, 4.69) is 16.9 Å². The normalized spacial score (nSPS) is 12.3. The van der Waals surface area contributed by atoms with Crippen LogP contribution in [-0.2, 0) is 0 Å². The standard InChI is InChI=1S/C13H15N3OS/c1-4-7(2)15-12(17)11-10(14)9-6-5-8(3)16-13(9)18-11/h4-7H,1,14H2,2-3H3,(H,15,17). The molecule has 2 aromatic heterocycles. The summed E-state index contributed by atoms with van der Waals surface area (Å²) >= 11 is 1.32. The summed E-state index contributed by atoms with van der Waals surface area (Å²) in [5.74, 6) is -0.180. The van der Waals surface area contributed by atoms with Gasteiger partial charge in [-0.2, -0.15) is 0 Å². The van der Waals surface area contributed by atoms with Crippen molar-refractivity contribution < 1.29 is 4.79 Å². The Morgan fingerprint density at radius 2 is 2.33 bits per heavy atom. The summed E-state index contributed by atoms with van der Waals surface area (Å²) in [5, 5.41) is 3.64. The van der Waals surface area contributed by atoms with Crippen molar-refractivity contribution in [3.8, 4) is 0 Å². The molecule has 18 heavy (non-hydrogen) atoms. The lowest BCUT2D eigenvalue weighted by molar-refractivity contribution is 0.0952. The molecule has 0 aliphatic rings. The van der Waals surface area contributed by atoms with Crippen LogP contribution in [0.2, 0.25) is 0 Å². The molecule has 94 valence electrons. The maximum absolute atomic E-state index is 12.0. The molecule has 0 spiro atoms. The average molecular weight is 261 g/mol. The van der Waals surface area contributed by atoms with E-state index in [1.165, 1.54) is 11.3 Å². The number of hydrogen-bond acceptors (Lipinski definition) is 4. The van der Waals surface area contributed by atoms with Crippen LogP contribution in [0.3, 0.4) is 0 Å². The van der Waals surface area contributed by atoms with Gasteiger partial charge in [0.1, 0.15) is 9.71 Å². The van der Waals surface area contributed by atoms with Crippen molar-refractivity contribution in [1.29, 1.82) is 0 Å². The first kappa shape index (κ1) is 12.6. The molecule has 0 radical (unpaired) electrons. The molecular weight excluding hydrogens is 246 g/mol. The van der Waals surface area contributed by atoms with Crippen LogP contribution in [-0.4, -0.2) is 16.9 Å². The van der Waals surface area contributed by atoms with Crippen LogP contribution in [0, 0.1) is 6.92 Å². The summed E-state index contributed by atoms with van der Waals surface area (Å²) in [4.78, 5) is 17.7. The molecule has 2 heterocycles. The summed E-state index contributed by atoms with van der Waals surface area (Å²) in [6.07, 6.45) is 1.67. The molecule has 1 amide bonds. The highest BCUT2D eigenvalue weighted by Gasteiger charge is 2.17. The predicted molar refractivity (Wildman–Crippen MR) is 75.9 cm³/mol. The number of aryl methyl sites for hydroxylation is 1. The van der Waals surface area contributed by atoms with E-state index < -0.39 is 0 Å². The predicted octanol–water partition coefficient (Wildman–Crippen LogP) is 2.49. The highest BCUT2D eigenvalue weighted by Crippen LogP contribution is 2.32. The van der Waals surface area contributed by atoms with Gasteiger partial charge in [0.2, 0.25) is 0 Å². The number of amides is 1. The number of carbonyl (C=O) groups is 1. The number of nitrogens with two attached hydrogens (primary N) is 1. The van der Waals surface area contributed by atoms with Crippen LogP contribution in [0.15, 0.2) is 24.8 Å². The third kappa shape index (κ3) is 2.22. The van der Waals surface area contributed by atoms with E-state index in [9.17, 15) is 4.79 Å². The van der Waals surface area contributed by atoms with Gasteiger partial charge in [-0.15, -0.1) is 17.9 Å². The first-order chi connectivity index (χ1) is 8.52. The van der Waals surface area contributed by atoms with Crippen LogP contribution in [0.5, 0.6) is 0 Å². The fourth-order valence-electron chi connectivity index (χ4n) is 1.59. The smallest absolute Gasteiger partial charge is 0.264 e. The molecule has 2 aromatic rings. The highest BCUT2D eigenvalue weighted by molar-refractivity contribution is 7.21. The number of nitrogens with zero attached hydrogens (tertiary/aromatic N) is 1. The SMILES string of the molecule is C=CC(C)NC(=O)c1sc2nc(C)ccc2c1N. The van der Waals surface area contributed by atoms with E-state index in [0.29, 0.717) is 10.6 Å². The zero-order valence-corrected chi connectivity index (χ0v) is 11.2. The second kappa shape index (κ2) is 4.78. The van der Waals surface area contributed by atoms with Crippen molar-refractivity contribution in [3.63, 3.8) is 0 Å². The molecule has 0 aliphatic heterocycles. The van der Waals surface area contributed by atoms with Crippen molar-refractivity contribution >= 4 is 33.1 Å². The number of carbonyl (C=O) groups excluding carboxylic acids is 1. The zero-order chi connectivity index (χ0) is 13.3. The van der Waals surface area contributed by atoms with Crippen molar-refractivity contribution in [2.75, 3.05) is 5.73 Å². The zero-order valence-electron chi connectivity index (χ0n) is 10.4. The molecule has 4 nitrogen and oxygen atoms in total. The Bertz CT molecular complexity index is 618. The van der Waals surface area contributed by atoms with Crippen molar-refractivity contribution in [2.24, 2.45) is 0 Å². The molecule has 1 unspecified atom stereocenters. The Hall–Kier alpha value is -1.88. The second-order valence-corrected chi connectivity index (χ2v) is 5.15. The van der Waals surface area contributed by atoms with E-state index in [0.717, 1.165) is 15.9 Å². The number of fused-ring (bicyclic) bond motifs is 1. The van der Waals surface area contributed by atoms with E-state index in [1.54, 1.807) is 6.08 Å². The summed E-state index contributed by atoms with van der Waals surface area (Å²) in [6, 6.07) is 3.70. The monoisotopic (exact) mass is 261 g/mol. The average Bonchev–Trinajstić information content (AvgIpc) is 2.66. The topological polar surface area (TPSA) is 68.0 Å². The summed E-state index contributed by atoms with van der Waals surface area (Å²) in [7, 11) is 0. The van der Waals surface area contributed by atoms with E-state index in [4.69, 9.17) is 5.73 Å². The lowest BCUT2D eigenvalue weighted by Crippen LogP contribution is -2.30. The van der Waals surface area contributed by atoms with Gasteiger partial charge in [0.05, 0.1) is 5.69 Å². The third-order valence-electron chi connectivity index (χ3n) is 2.65. The van der Waals surface area contributed by atoms with Gasteiger partial charge < -0.3 is 11.1 Å². The molecule has 1 atom stereocenters. The Morgan fingerprint density at radius 3 is 3.00 bits per heavy atom. The minimum atomic E-state index is -0.180. The minimum absolute atomic E-state index is 0.0863. The number of pyridine rings is 1. The molecule has 0 aromatic carbocycles. The van der Waals surface area contributed by atoms with Crippen LogP contribution in [0.25, 0.3) is 10.2 Å². The Labute approximate surface area is 110 Å². The molecule has 0 saturated heterocycles. The Kier molecular flexibility index (Phi) is 3.34. The quantitative estimate of drug-likeness (QED) is 0.834. The van der Waals surface area contributed by atoms with Gasteiger partial charge in [-0.05, 0) is 26.0 Å². The number of hydrogen-bond donors (Lipinski definition) is 2. The summed E-state index contributed by atoms with van der Waals surface area (Å²) < 4.78 is 0. The number of thiophene rings is 1. The first-order valence-corrected chi connectivity index (χ1v) is 6.43. The van der Waals surface area contributed by atoms with E-state index in [1.807, 2.05) is 26.0 Å². The molecule has 0 saturated carbocycles. The van der Waals surface area contributed by atoms with Gasteiger partial charge in [0.25, 0.3) is 5.91 Å². The number of anilines is 1. The Morgan fingerprint density at radius 1 is 1.61 bits per heavy atom. The third-order valence-corrected chi connectivity index (χ3v) is 3.77. The van der Waals surface area contributed by atoms with E-state index >= 15 is 0 Å². The lowest BCUT2D eigenvalue weighted by Gasteiger charge is -2.07. The van der Waals surface area contributed by atoms with Gasteiger partial charge in [0.15, 0.2) is 0 Å². The van der Waals surface area contributed by atoms with Crippen LogP contribution < -0.4 is 11.1 Å². The molecule has 2 rings (SSSR count). The van der Waals surface area contributed by atoms with Crippen LogP contribution in [0.1, 0.15) is 22.3 Å². The number of nitrogens with one attached hydrogen (secondary N) is 1. The fourth-order valence-corrected chi connectivity index (χ4v) is 2.63. The van der Waals surface area contributed by atoms with Gasteiger partial charge in [-0.1, -0.05) is 6.08 Å². The van der Waals surface area contributed by atoms with Gasteiger partial charge in [-0.3, -0.25) is 4.79 Å². The van der Waals surface area contributed by atoms with Crippen LogP contribution in [0.4, 0.5) is 5.69 Å². The van der Waals surface area contributed by atoms with Gasteiger partial charge >= 0.3 is 0 Å². The molecule has 5 heteroatoms. The fraction of sp³-hybridized carbons (Fsp3) is 0.231. The first-order valence-electron chi connectivity index (χ1n) is 5.62. The Balaban J connectivity index is 2.42. The number of aromatic nitrogens is 1. The maximum Gasteiger partial charge on any atom is 0.264 e. The molecule has 3 N–H and O–H groups in total. The second-order valence-electron chi connectivity index (χ2n) is 4.15. The largest absolute Gasteiger partial charge is 0.397 e. The molecule has 0 fully saturated rings. The minimum Gasteiger partial charge on any atom is -0.397 e. The van der Waals surface area contributed by atoms with Crippen molar-refractivity contribution in [3.05, 3.63) is 35.4 Å². The molecule has 0 aliphatic carbocycles.